The average Bonchev–Trinajstić information content (AvgIpc) is 1.51. The third-order valence-electron chi connectivity index (χ3n) is 33.9. The van der Waals surface area contributed by atoms with E-state index in [-0.39, 0.29) is 5.41 Å². The van der Waals surface area contributed by atoms with Gasteiger partial charge in [-0.1, -0.05) is 463 Å². The maximum Gasteiger partial charge on any atom is 0.160 e. The minimum atomic E-state index is -0.765. The predicted molar refractivity (Wildman–Crippen MR) is 593 cm³/mol. The number of hydrogen-bond donors (Lipinski definition) is 0. The fourth-order valence-electron chi connectivity index (χ4n) is 27.9. The van der Waals surface area contributed by atoms with Gasteiger partial charge >= 0.3 is 0 Å². The summed E-state index contributed by atoms with van der Waals surface area (Å²) in [5, 5.41) is 7.40. The molecule has 0 aliphatic heterocycles. The van der Waals surface area contributed by atoms with E-state index in [1.54, 1.807) is 0 Å². The molecule has 4 nitrogen and oxygen atoms in total. The van der Waals surface area contributed by atoms with Crippen LogP contribution in [0.1, 0.15) is 114 Å². The fourth-order valence-corrected chi connectivity index (χ4v) is 27.9. The summed E-state index contributed by atoms with van der Waals surface area (Å²) in [6, 6.07) is 188. The molecule has 1 atom stereocenters. The van der Waals surface area contributed by atoms with Crippen LogP contribution >= 0.6 is 0 Å². The van der Waals surface area contributed by atoms with E-state index in [0.29, 0.717) is 11.6 Å². The summed E-state index contributed by atoms with van der Waals surface area (Å²) in [5.41, 5.74) is 49.3. The summed E-state index contributed by atoms with van der Waals surface area (Å²) in [7, 11) is 0. The second kappa shape index (κ2) is 30.4. The summed E-state index contributed by atoms with van der Waals surface area (Å²) in [6.45, 7) is 4.69. The van der Waals surface area contributed by atoms with Crippen LogP contribution < -0.4 is 0 Å². The summed E-state index contributed by atoms with van der Waals surface area (Å²) >= 11 is 0. The molecule has 31 rings (SSSR count). The topological polar surface area (TPSA) is 51.6 Å². The predicted octanol–water partition coefficient (Wildman–Crippen LogP) is 34.1. The third-order valence-corrected chi connectivity index (χ3v) is 33.9. The number of nitrogens with zero attached hydrogens (tertiary/aromatic N) is 4. The standard InChI is InChI=1S/C141H88N4/c1-137(2)112-50-19-13-43-102(112)107-73-68-94(82-128(107)137)133-84-130(86-33-5-3-6-34-86)142-135(144-133)88-65-63-85(64-66-88)91-70-76-126-129(81-91)140(113-51-20-14-44-103(113)104-45-15-21-52-114(104)140)124-60-29-30-61-125(124)141(126)117-55-24-18-48-108(117)134-96(49-32-62-127(134)141)92-71-75-119-111(79-92)106-47-17-23-54-116(106)139(119)122-58-27-25-56-120(122)138(121-57-26-28-59-123(121)139)115-53-22-16-46-105(115)110-78-90(69-74-118(110)138)89-37-31-38-95(77-89)136-143-131(87-35-7-4-8-36-87)83-132(145-136)93-67-72-101-99-41-10-9-39-97(99)98-40-11-12-42-100(98)109(101)80-93/h3-84H,1-2H3. The molecule has 145 heavy (non-hydrogen) atoms. The number of hydrogen-bond acceptors (Lipinski definition) is 4. The molecular weight excluding hydrogens is 1750 g/mol. The molecule has 0 saturated carbocycles. The van der Waals surface area contributed by atoms with Crippen molar-refractivity contribution in [3.05, 3.63) is 598 Å². The van der Waals surface area contributed by atoms with Gasteiger partial charge in [-0.2, -0.15) is 0 Å². The minimum Gasteiger partial charge on any atom is -0.228 e. The molecule has 2 heterocycles. The van der Waals surface area contributed by atoms with Crippen molar-refractivity contribution in [3.8, 4) is 157 Å². The lowest BCUT2D eigenvalue weighted by Crippen LogP contribution is -2.43. The Morgan fingerprint density at radius 1 is 0.131 bits per heavy atom. The van der Waals surface area contributed by atoms with Gasteiger partial charge in [0.05, 0.1) is 44.4 Å². The lowest BCUT2D eigenvalue weighted by molar-refractivity contribution is 0.633. The van der Waals surface area contributed by atoms with Gasteiger partial charge < -0.3 is 0 Å². The van der Waals surface area contributed by atoms with E-state index in [9.17, 15) is 0 Å². The van der Waals surface area contributed by atoms with E-state index in [1.165, 1.54) is 199 Å². The van der Waals surface area contributed by atoms with Crippen LogP contribution in [0.5, 0.6) is 0 Å². The normalized spacial score (nSPS) is 15.2. The maximum atomic E-state index is 5.54. The second-order valence-corrected chi connectivity index (χ2v) is 41.0. The van der Waals surface area contributed by atoms with E-state index in [2.05, 4.69) is 511 Å². The smallest absolute Gasteiger partial charge is 0.160 e. The van der Waals surface area contributed by atoms with Crippen molar-refractivity contribution >= 4 is 32.3 Å². The van der Waals surface area contributed by atoms with Gasteiger partial charge in [0.1, 0.15) is 0 Å². The highest BCUT2D eigenvalue weighted by molar-refractivity contribution is 6.26. The number of aromatic nitrogens is 4. The SMILES string of the molecule is CC1(C)c2ccccc2-c2ccc(-c3cc(-c4ccccc4)nc(-c4ccc(-c5ccc6c(c5)C5(c7ccccc7-c7ccccc75)c5ccccc5C65c6ccccc6-c6c(-c7ccc8c(c7)-c7ccccc7C87c8ccccc8C8(c9ccccc9-c9cc(-c%10cccc(-c%11nc(-c%12ccccc%12)cc(-c%12ccc%13c%14ccccc%14c%14ccccc%14c%13c%12)n%11)c%10)ccc98)c8ccccc87)cccc65)cc4)n3)cc21. The summed E-state index contributed by atoms with van der Waals surface area (Å²) in [5.74, 6) is 1.35. The van der Waals surface area contributed by atoms with E-state index in [4.69, 9.17) is 19.9 Å². The molecule has 1 unspecified atom stereocenters. The van der Waals surface area contributed by atoms with Crippen molar-refractivity contribution in [3.63, 3.8) is 0 Å². The molecule has 672 valence electrons. The Labute approximate surface area is 841 Å². The number of benzene rings is 22. The molecule has 7 aliphatic carbocycles. The Kier molecular flexibility index (Phi) is 17.1. The zero-order chi connectivity index (χ0) is 95.3. The number of rotatable bonds is 9. The van der Waals surface area contributed by atoms with Crippen molar-refractivity contribution in [2.24, 2.45) is 0 Å². The molecule has 4 spiro atoms. The zero-order valence-corrected chi connectivity index (χ0v) is 79.6. The molecule has 2 aromatic heterocycles. The summed E-state index contributed by atoms with van der Waals surface area (Å²) < 4.78 is 0. The Morgan fingerprint density at radius 3 is 0.931 bits per heavy atom. The van der Waals surface area contributed by atoms with Gasteiger partial charge in [-0.3, -0.25) is 0 Å². The van der Waals surface area contributed by atoms with Crippen LogP contribution in [-0.4, -0.2) is 19.9 Å². The van der Waals surface area contributed by atoms with Crippen molar-refractivity contribution in [2.75, 3.05) is 0 Å². The van der Waals surface area contributed by atoms with Gasteiger partial charge in [-0.15, -0.1) is 0 Å². The molecule has 0 amide bonds. The first-order valence-electron chi connectivity index (χ1n) is 50.7. The maximum absolute atomic E-state index is 5.54. The van der Waals surface area contributed by atoms with Crippen LogP contribution in [0, 0.1) is 0 Å². The van der Waals surface area contributed by atoms with E-state index in [1.807, 2.05) is 0 Å². The molecule has 0 radical (unpaired) electrons. The van der Waals surface area contributed by atoms with Crippen molar-refractivity contribution in [1.29, 1.82) is 0 Å². The van der Waals surface area contributed by atoms with E-state index in [0.717, 1.165) is 78.4 Å². The highest BCUT2D eigenvalue weighted by atomic mass is 14.9. The molecule has 0 fully saturated rings. The second-order valence-electron chi connectivity index (χ2n) is 41.0. The van der Waals surface area contributed by atoms with E-state index < -0.39 is 21.7 Å². The Balaban J connectivity index is 0.535. The monoisotopic (exact) mass is 1840 g/mol. The molecule has 24 aromatic rings. The van der Waals surface area contributed by atoms with E-state index >= 15 is 0 Å². The first kappa shape index (κ1) is 81.6. The Morgan fingerprint density at radius 2 is 0.414 bits per heavy atom. The van der Waals surface area contributed by atoms with Crippen molar-refractivity contribution in [2.45, 2.75) is 40.9 Å². The van der Waals surface area contributed by atoms with Crippen LogP contribution in [0.25, 0.3) is 189 Å². The van der Waals surface area contributed by atoms with Gasteiger partial charge in [-0.25, -0.2) is 19.9 Å². The Hall–Kier alpha value is -18.2. The van der Waals surface area contributed by atoms with Gasteiger partial charge in [0.25, 0.3) is 0 Å². The van der Waals surface area contributed by atoms with Gasteiger partial charge in [0.15, 0.2) is 11.6 Å². The summed E-state index contributed by atoms with van der Waals surface area (Å²) in [6.07, 6.45) is 0. The average molecular weight is 1840 g/mol. The third kappa shape index (κ3) is 11.0. The van der Waals surface area contributed by atoms with Gasteiger partial charge in [0.2, 0.25) is 0 Å². The minimum absolute atomic E-state index is 0.167. The van der Waals surface area contributed by atoms with Crippen LogP contribution in [-0.2, 0) is 27.1 Å². The fraction of sp³-hybridized carbons (Fsp3) is 0.0496. The zero-order valence-electron chi connectivity index (χ0n) is 79.6. The van der Waals surface area contributed by atoms with Gasteiger partial charge in [0, 0.05) is 38.8 Å². The first-order valence-corrected chi connectivity index (χ1v) is 50.7. The van der Waals surface area contributed by atoms with Crippen LogP contribution in [0.15, 0.2) is 497 Å². The largest absolute Gasteiger partial charge is 0.228 e. The Bertz CT molecular complexity index is 9630. The quantitative estimate of drug-likeness (QED) is 0.135. The summed E-state index contributed by atoms with van der Waals surface area (Å²) in [4.78, 5) is 21.9. The molecule has 0 N–H and O–H groups in total. The molecule has 7 aliphatic rings. The molecule has 0 bridgehead atoms. The van der Waals surface area contributed by atoms with Crippen molar-refractivity contribution < 1.29 is 0 Å². The first-order chi connectivity index (χ1) is 71.6. The van der Waals surface area contributed by atoms with Gasteiger partial charge in [-0.05, 0) is 270 Å². The molecule has 0 saturated heterocycles. The molecular formula is C141H88N4. The lowest BCUT2D eigenvalue weighted by Gasteiger charge is -2.49. The highest BCUT2D eigenvalue weighted by Gasteiger charge is 2.62. The van der Waals surface area contributed by atoms with Crippen molar-refractivity contribution in [1.82, 2.24) is 19.9 Å². The number of fused-ring (bicyclic) bond motifs is 41. The van der Waals surface area contributed by atoms with Crippen LogP contribution in [0.4, 0.5) is 0 Å². The van der Waals surface area contributed by atoms with Crippen LogP contribution in [0.3, 0.4) is 0 Å². The molecule has 4 heteroatoms. The lowest BCUT2D eigenvalue weighted by atomic mass is 9.52. The highest BCUT2D eigenvalue weighted by Crippen LogP contribution is 2.72. The molecule has 22 aromatic carbocycles. The van der Waals surface area contributed by atoms with Crippen LogP contribution in [0.2, 0.25) is 0 Å².